The number of aromatic nitrogens is 2. The van der Waals surface area contributed by atoms with E-state index in [0.29, 0.717) is 35.7 Å². The molecule has 0 saturated carbocycles. The molecule has 0 spiro atoms. The molecule has 0 atom stereocenters. The van der Waals surface area contributed by atoms with Crippen LogP contribution in [0.1, 0.15) is 119 Å². The summed E-state index contributed by atoms with van der Waals surface area (Å²) in [5.74, 6) is -0.386. The molecule has 224 valence electrons. The molecule has 0 unspecified atom stereocenters. The minimum atomic E-state index is -0.275. The van der Waals surface area contributed by atoms with Crippen molar-refractivity contribution >= 4 is 29.3 Å². The van der Waals surface area contributed by atoms with E-state index in [9.17, 15) is 9.59 Å². The number of rotatable bonds is 13. The highest BCUT2D eigenvalue weighted by Gasteiger charge is 2.14. The zero-order valence-electron chi connectivity index (χ0n) is 26.1. The van der Waals surface area contributed by atoms with Crippen molar-refractivity contribution in [2.24, 2.45) is 0 Å². The van der Waals surface area contributed by atoms with Crippen LogP contribution in [0.5, 0.6) is 0 Å². The first kappa shape index (κ1) is 33.9. The Morgan fingerprint density at radius 1 is 0.902 bits per heavy atom. The Balaban J connectivity index is 0.000000642. The SMILES string of the molecule is CCC/C(=C\c1cc(C(=O)Nc2cc(NC(=O)CC)cnc2C)cnc1C)C1=CCOCC1.CCCCCCCC. The lowest BCUT2D eigenvalue weighted by molar-refractivity contribution is -0.115. The molecule has 7 nitrogen and oxygen atoms in total. The number of pyridine rings is 2. The number of amides is 2. The van der Waals surface area contributed by atoms with Crippen molar-refractivity contribution in [1.29, 1.82) is 0 Å². The largest absolute Gasteiger partial charge is 0.377 e. The van der Waals surface area contributed by atoms with E-state index in [-0.39, 0.29) is 11.8 Å². The van der Waals surface area contributed by atoms with Gasteiger partial charge in [0, 0.05) is 18.3 Å². The van der Waals surface area contributed by atoms with Crippen LogP contribution in [0.2, 0.25) is 0 Å². The van der Waals surface area contributed by atoms with Crippen molar-refractivity contribution < 1.29 is 14.3 Å². The van der Waals surface area contributed by atoms with Crippen LogP contribution in [0.3, 0.4) is 0 Å². The van der Waals surface area contributed by atoms with Gasteiger partial charge in [0.1, 0.15) is 0 Å². The molecule has 2 aromatic rings. The molecule has 0 fully saturated rings. The number of ether oxygens (including phenoxy) is 1. The zero-order chi connectivity index (χ0) is 30.0. The maximum absolute atomic E-state index is 13.0. The fourth-order valence-corrected chi connectivity index (χ4v) is 4.45. The minimum Gasteiger partial charge on any atom is -0.377 e. The number of aryl methyl sites for hydroxylation is 2. The Bertz CT molecular complexity index is 1180. The van der Waals surface area contributed by atoms with Gasteiger partial charge in [0.15, 0.2) is 0 Å². The van der Waals surface area contributed by atoms with Crippen molar-refractivity contribution in [2.75, 3.05) is 23.8 Å². The molecule has 3 rings (SSSR count). The summed E-state index contributed by atoms with van der Waals surface area (Å²) < 4.78 is 5.46. The molecule has 3 heterocycles. The van der Waals surface area contributed by atoms with Crippen molar-refractivity contribution in [3.63, 3.8) is 0 Å². The van der Waals surface area contributed by atoms with Crippen molar-refractivity contribution in [3.8, 4) is 0 Å². The van der Waals surface area contributed by atoms with Crippen LogP contribution in [0, 0.1) is 13.8 Å². The van der Waals surface area contributed by atoms with E-state index >= 15 is 0 Å². The maximum atomic E-state index is 13.0. The molecule has 0 saturated heterocycles. The average molecular weight is 563 g/mol. The van der Waals surface area contributed by atoms with Crippen LogP contribution in [0.15, 0.2) is 41.7 Å². The predicted molar refractivity (Wildman–Crippen MR) is 170 cm³/mol. The van der Waals surface area contributed by atoms with Gasteiger partial charge >= 0.3 is 0 Å². The Morgan fingerprint density at radius 2 is 1.61 bits per heavy atom. The molecule has 7 heteroatoms. The van der Waals surface area contributed by atoms with Gasteiger partial charge in [-0.05, 0) is 61.6 Å². The van der Waals surface area contributed by atoms with Gasteiger partial charge in [-0.25, -0.2) is 0 Å². The van der Waals surface area contributed by atoms with Crippen LogP contribution in [0.4, 0.5) is 11.4 Å². The standard InChI is InChI=1S/C26H32N4O3.C8H18/c1-5-7-20(19-8-10-33-11-9-19)12-21-13-22(15-27-17(21)3)26(32)30-24-14-23(16-28-18(24)4)29-25(31)6-2;1-3-5-7-8-6-4-2/h8,12-16H,5-7,9-11H2,1-4H3,(H,29,31)(H,30,32);3-8H2,1-2H3/b20-12+;. The number of carbonyl (C=O) groups is 2. The van der Waals surface area contributed by atoms with Crippen LogP contribution in [0.25, 0.3) is 6.08 Å². The topological polar surface area (TPSA) is 93.2 Å². The summed E-state index contributed by atoms with van der Waals surface area (Å²) in [4.78, 5) is 33.5. The van der Waals surface area contributed by atoms with E-state index in [1.165, 1.54) is 49.7 Å². The molecular weight excluding hydrogens is 512 g/mol. The number of anilines is 2. The van der Waals surface area contributed by atoms with Crippen LogP contribution >= 0.6 is 0 Å². The van der Waals surface area contributed by atoms with Gasteiger partial charge in [-0.2, -0.15) is 0 Å². The van der Waals surface area contributed by atoms with Gasteiger partial charge < -0.3 is 15.4 Å². The second kappa shape index (κ2) is 18.9. The lowest BCUT2D eigenvalue weighted by Gasteiger charge is -2.17. The molecule has 0 radical (unpaired) electrons. The van der Waals surface area contributed by atoms with E-state index in [1.807, 2.05) is 13.0 Å². The monoisotopic (exact) mass is 562 g/mol. The predicted octanol–water partition coefficient (Wildman–Crippen LogP) is 8.59. The number of nitrogens with zero attached hydrogens (tertiary/aromatic N) is 2. The summed E-state index contributed by atoms with van der Waals surface area (Å²) in [6.07, 6.45) is 19.2. The number of hydrogen-bond acceptors (Lipinski definition) is 5. The summed E-state index contributed by atoms with van der Waals surface area (Å²) >= 11 is 0. The molecule has 0 aromatic carbocycles. The van der Waals surface area contributed by atoms with Crippen molar-refractivity contribution in [1.82, 2.24) is 9.97 Å². The molecule has 0 aliphatic carbocycles. The molecule has 0 bridgehead atoms. The molecule has 41 heavy (non-hydrogen) atoms. The van der Waals surface area contributed by atoms with E-state index in [0.717, 1.165) is 37.1 Å². The van der Waals surface area contributed by atoms with Crippen molar-refractivity contribution in [2.45, 2.75) is 106 Å². The quantitative estimate of drug-likeness (QED) is 0.238. The summed E-state index contributed by atoms with van der Waals surface area (Å²) in [6, 6.07) is 3.59. The fourth-order valence-electron chi connectivity index (χ4n) is 4.45. The van der Waals surface area contributed by atoms with Gasteiger partial charge in [0.25, 0.3) is 5.91 Å². The van der Waals surface area contributed by atoms with E-state index in [4.69, 9.17) is 4.74 Å². The third-order valence-electron chi connectivity index (χ3n) is 7.01. The van der Waals surface area contributed by atoms with E-state index in [2.05, 4.69) is 53.5 Å². The third-order valence-corrected chi connectivity index (χ3v) is 7.01. The highest BCUT2D eigenvalue weighted by atomic mass is 16.5. The molecule has 1 aliphatic rings. The molecule has 2 amide bonds. The molecular formula is C34H50N4O3. The number of hydrogen-bond donors (Lipinski definition) is 2. The zero-order valence-corrected chi connectivity index (χ0v) is 26.1. The smallest absolute Gasteiger partial charge is 0.257 e. The molecule has 2 N–H and O–H groups in total. The lowest BCUT2D eigenvalue weighted by Crippen LogP contribution is -2.15. The Labute approximate surface area is 247 Å². The highest BCUT2D eigenvalue weighted by molar-refractivity contribution is 6.05. The summed E-state index contributed by atoms with van der Waals surface area (Å²) in [5.41, 5.74) is 6.59. The number of nitrogens with one attached hydrogen (secondary N) is 2. The van der Waals surface area contributed by atoms with Gasteiger partial charge in [-0.1, -0.05) is 78.7 Å². The minimum absolute atomic E-state index is 0.111. The van der Waals surface area contributed by atoms with E-state index in [1.54, 1.807) is 32.3 Å². The Hall–Kier alpha value is -3.32. The molecule has 2 aromatic heterocycles. The van der Waals surface area contributed by atoms with Crippen LogP contribution in [-0.2, 0) is 9.53 Å². The van der Waals surface area contributed by atoms with Gasteiger partial charge in [0.05, 0.1) is 42.0 Å². The first-order chi connectivity index (χ1) is 19.8. The van der Waals surface area contributed by atoms with E-state index < -0.39 is 0 Å². The van der Waals surface area contributed by atoms with Gasteiger partial charge in [-0.15, -0.1) is 0 Å². The first-order valence-corrected chi connectivity index (χ1v) is 15.3. The molecule has 1 aliphatic heterocycles. The maximum Gasteiger partial charge on any atom is 0.257 e. The second-order valence-corrected chi connectivity index (χ2v) is 10.5. The number of carbonyl (C=O) groups excluding carboxylic acids is 2. The van der Waals surface area contributed by atoms with Crippen molar-refractivity contribution in [3.05, 3.63) is 64.3 Å². The number of allylic oxidation sites excluding steroid dienone is 1. The van der Waals surface area contributed by atoms with Crippen LogP contribution < -0.4 is 10.6 Å². The summed E-state index contributed by atoms with van der Waals surface area (Å²) in [5, 5.41) is 5.67. The Morgan fingerprint density at radius 3 is 2.22 bits per heavy atom. The summed E-state index contributed by atoms with van der Waals surface area (Å²) in [7, 11) is 0. The number of unbranched alkanes of at least 4 members (excludes halogenated alkanes) is 5. The van der Waals surface area contributed by atoms with Crippen LogP contribution in [-0.4, -0.2) is 35.0 Å². The fraction of sp³-hybridized carbons (Fsp3) is 0.529. The summed E-state index contributed by atoms with van der Waals surface area (Å²) in [6.45, 7) is 13.6. The normalized spacial score (nSPS) is 13.1. The second-order valence-electron chi connectivity index (χ2n) is 10.5. The first-order valence-electron chi connectivity index (χ1n) is 15.3. The third kappa shape index (κ3) is 12.0. The average Bonchev–Trinajstić information content (AvgIpc) is 2.98. The van der Waals surface area contributed by atoms with Gasteiger partial charge in [0.2, 0.25) is 5.91 Å². The Kier molecular flexibility index (Phi) is 15.6. The highest BCUT2D eigenvalue weighted by Crippen LogP contribution is 2.26. The van der Waals surface area contributed by atoms with Gasteiger partial charge in [-0.3, -0.25) is 19.6 Å². The lowest BCUT2D eigenvalue weighted by atomic mass is 9.94.